The van der Waals surface area contributed by atoms with Crippen molar-refractivity contribution in [1.82, 2.24) is 0 Å². The molecule has 4 saturated carbocycles. The summed E-state index contributed by atoms with van der Waals surface area (Å²) in [7, 11) is 0. The highest BCUT2D eigenvalue weighted by molar-refractivity contribution is 5.02. The third-order valence-corrected chi connectivity index (χ3v) is 10.9. The number of hydrogen-bond acceptors (Lipinski definition) is 0. The van der Waals surface area contributed by atoms with Gasteiger partial charge in [0.05, 0.1) is 0 Å². The van der Waals surface area contributed by atoms with Gasteiger partial charge in [-0.05, 0) is 91.8 Å². The standard InChI is InChI=1S/C29H52/c1-4-29(25-18-14-22(2)15-19-25,26-20-16-23(3)17-21-26)28-13-9-8-12-27(28)24-10-6-5-7-11-24/h22-28H,4-21H2,1-3H3. The van der Waals surface area contributed by atoms with E-state index in [0.717, 1.165) is 41.4 Å². The van der Waals surface area contributed by atoms with E-state index in [9.17, 15) is 0 Å². The lowest BCUT2D eigenvalue weighted by Crippen LogP contribution is -2.51. The van der Waals surface area contributed by atoms with E-state index in [0.29, 0.717) is 5.41 Å². The zero-order valence-corrected chi connectivity index (χ0v) is 20.3. The first-order valence-electron chi connectivity index (χ1n) is 14.1. The summed E-state index contributed by atoms with van der Waals surface area (Å²) in [6.07, 6.45) is 27.9. The molecule has 0 radical (unpaired) electrons. The molecule has 0 heteroatoms. The van der Waals surface area contributed by atoms with Gasteiger partial charge in [0.15, 0.2) is 0 Å². The van der Waals surface area contributed by atoms with E-state index in [2.05, 4.69) is 20.8 Å². The SMILES string of the molecule is CCC(C1CCC(C)CC1)(C1CCC(C)CC1)C1CCCCC1C1CCCCC1. The van der Waals surface area contributed by atoms with Gasteiger partial charge in [-0.3, -0.25) is 0 Å². The third-order valence-electron chi connectivity index (χ3n) is 10.9. The molecule has 2 unspecified atom stereocenters. The molecule has 168 valence electrons. The van der Waals surface area contributed by atoms with Crippen LogP contribution in [0.4, 0.5) is 0 Å². The zero-order valence-electron chi connectivity index (χ0n) is 20.3. The van der Waals surface area contributed by atoms with Crippen LogP contribution in [0.3, 0.4) is 0 Å². The van der Waals surface area contributed by atoms with Crippen LogP contribution in [0, 0.1) is 46.8 Å². The fourth-order valence-corrected chi connectivity index (χ4v) is 9.33. The molecular formula is C29H52. The van der Waals surface area contributed by atoms with Gasteiger partial charge in [-0.1, -0.05) is 91.4 Å². The molecule has 0 saturated heterocycles. The summed E-state index contributed by atoms with van der Waals surface area (Å²) in [5.41, 5.74) is 0.697. The van der Waals surface area contributed by atoms with Crippen molar-refractivity contribution < 1.29 is 0 Å². The van der Waals surface area contributed by atoms with Crippen LogP contribution in [0.2, 0.25) is 0 Å². The molecule has 4 fully saturated rings. The minimum absolute atomic E-state index is 0.697. The van der Waals surface area contributed by atoms with Crippen molar-refractivity contribution in [2.24, 2.45) is 46.8 Å². The van der Waals surface area contributed by atoms with Gasteiger partial charge in [0.2, 0.25) is 0 Å². The summed E-state index contributed by atoms with van der Waals surface area (Å²) >= 11 is 0. The summed E-state index contributed by atoms with van der Waals surface area (Å²) in [6, 6.07) is 0. The van der Waals surface area contributed by atoms with E-state index >= 15 is 0 Å². The fourth-order valence-electron chi connectivity index (χ4n) is 9.33. The molecule has 0 nitrogen and oxygen atoms in total. The van der Waals surface area contributed by atoms with E-state index in [-0.39, 0.29) is 0 Å². The third kappa shape index (κ3) is 4.62. The molecule has 2 atom stereocenters. The first-order chi connectivity index (χ1) is 14.1. The van der Waals surface area contributed by atoms with E-state index in [1.807, 2.05) is 0 Å². The van der Waals surface area contributed by atoms with Crippen LogP contribution in [0.1, 0.15) is 136 Å². The second-order valence-corrected chi connectivity index (χ2v) is 12.3. The summed E-state index contributed by atoms with van der Waals surface area (Å²) in [6.45, 7) is 7.69. The maximum absolute atomic E-state index is 2.64. The van der Waals surface area contributed by atoms with Gasteiger partial charge in [0, 0.05) is 0 Å². The first-order valence-corrected chi connectivity index (χ1v) is 14.1. The van der Waals surface area contributed by atoms with E-state index < -0.39 is 0 Å². The van der Waals surface area contributed by atoms with Crippen LogP contribution in [-0.2, 0) is 0 Å². The van der Waals surface area contributed by atoms with E-state index in [1.165, 1.54) is 51.4 Å². The molecule has 29 heavy (non-hydrogen) atoms. The van der Waals surface area contributed by atoms with Crippen LogP contribution in [-0.4, -0.2) is 0 Å². The molecule has 0 aromatic heterocycles. The van der Waals surface area contributed by atoms with Gasteiger partial charge < -0.3 is 0 Å². The molecule has 4 rings (SSSR count). The lowest BCUT2D eigenvalue weighted by molar-refractivity contribution is -0.0945. The Morgan fingerprint density at radius 2 is 1.03 bits per heavy atom. The largest absolute Gasteiger partial charge is 0.0648 e. The van der Waals surface area contributed by atoms with Gasteiger partial charge in [-0.15, -0.1) is 0 Å². The molecule has 0 aromatic rings. The first kappa shape index (κ1) is 22.2. The maximum atomic E-state index is 2.64. The molecule has 0 bridgehead atoms. The normalized spacial score (nSPS) is 42.3. The Kier molecular flexibility index (Phi) is 7.72. The maximum Gasteiger partial charge on any atom is -0.0212 e. The summed E-state index contributed by atoms with van der Waals surface area (Å²) in [5.74, 6) is 7.34. The Hall–Kier alpha value is 0. The van der Waals surface area contributed by atoms with Gasteiger partial charge >= 0.3 is 0 Å². The Bertz CT molecular complexity index is 448. The van der Waals surface area contributed by atoms with Crippen LogP contribution in [0.25, 0.3) is 0 Å². The highest BCUT2D eigenvalue weighted by Gasteiger charge is 2.53. The van der Waals surface area contributed by atoms with Gasteiger partial charge in [-0.2, -0.15) is 0 Å². The van der Waals surface area contributed by atoms with Crippen LogP contribution >= 0.6 is 0 Å². The van der Waals surface area contributed by atoms with E-state index in [1.54, 1.807) is 64.2 Å². The molecule has 4 aliphatic rings. The number of hydrogen-bond donors (Lipinski definition) is 0. The lowest BCUT2D eigenvalue weighted by atomic mass is 9.46. The second kappa shape index (κ2) is 10.1. The average molecular weight is 401 g/mol. The monoisotopic (exact) mass is 400 g/mol. The Morgan fingerprint density at radius 3 is 1.55 bits per heavy atom. The van der Waals surface area contributed by atoms with Crippen LogP contribution in [0.15, 0.2) is 0 Å². The van der Waals surface area contributed by atoms with Crippen molar-refractivity contribution in [3.63, 3.8) is 0 Å². The predicted molar refractivity (Wildman–Crippen MR) is 127 cm³/mol. The summed E-state index contributed by atoms with van der Waals surface area (Å²) < 4.78 is 0. The van der Waals surface area contributed by atoms with Gasteiger partial charge in [0.1, 0.15) is 0 Å². The van der Waals surface area contributed by atoms with Crippen LogP contribution < -0.4 is 0 Å². The molecule has 4 aliphatic carbocycles. The predicted octanol–water partition coefficient (Wildman–Crippen LogP) is 9.42. The molecule has 0 heterocycles. The highest BCUT2D eigenvalue weighted by atomic mass is 14.6. The van der Waals surface area contributed by atoms with E-state index in [4.69, 9.17) is 0 Å². The Morgan fingerprint density at radius 1 is 0.552 bits per heavy atom. The molecule has 0 aliphatic heterocycles. The summed E-state index contributed by atoms with van der Waals surface area (Å²) in [4.78, 5) is 0. The Labute approximate surface area is 183 Å². The highest BCUT2D eigenvalue weighted by Crippen LogP contribution is 2.62. The molecule has 0 spiro atoms. The van der Waals surface area contributed by atoms with Crippen LogP contribution in [0.5, 0.6) is 0 Å². The van der Waals surface area contributed by atoms with Gasteiger partial charge in [-0.25, -0.2) is 0 Å². The molecule has 0 amide bonds. The minimum atomic E-state index is 0.697. The molecule has 0 N–H and O–H groups in total. The zero-order chi connectivity index (χ0) is 20.3. The van der Waals surface area contributed by atoms with Crippen molar-refractivity contribution in [2.45, 2.75) is 136 Å². The fraction of sp³-hybridized carbons (Fsp3) is 1.00. The second-order valence-electron chi connectivity index (χ2n) is 12.3. The average Bonchev–Trinajstić information content (AvgIpc) is 2.78. The van der Waals surface area contributed by atoms with Crippen molar-refractivity contribution in [1.29, 1.82) is 0 Å². The lowest BCUT2D eigenvalue weighted by Gasteiger charge is -2.59. The quantitative estimate of drug-likeness (QED) is 0.431. The minimum Gasteiger partial charge on any atom is -0.0648 e. The smallest absolute Gasteiger partial charge is 0.0212 e. The molecular weight excluding hydrogens is 348 g/mol. The van der Waals surface area contributed by atoms with Gasteiger partial charge in [0.25, 0.3) is 0 Å². The van der Waals surface area contributed by atoms with Crippen molar-refractivity contribution >= 4 is 0 Å². The Balaban J connectivity index is 1.65. The molecule has 0 aromatic carbocycles. The van der Waals surface area contributed by atoms with Crippen molar-refractivity contribution in [2.75, 3.05) is 0 Å². The van der Waals surface area contributed by atoms with Crippen molar-refractivity contribution in [3.05, 3.63) is 0 Å². The number of rotatable bonds is 5. The summed E-state index contributed by atoms with van der Waals surface area (Å²) in [5, 5.41) is 0. The van der Waals surface area contributed by atoms with Crippen molar-refractivity contribution in [3.8, 4) is 0 Å². The topological polar surface area (TPSA) is 0 Å².